The van der Waals surface area contributed by atoms with Gasteiger partial charge in [0, 0.05) is 31.9 Å². The first-order valence-corrected chi connectivity index (χ1v) is 7.16. The summed E-state index contributed by atoms with van der Waals surface area (Å²) in [5, 5.41) is 0. The normalized spacial score (nSPS) is 21.2. The van der Waals surface area contributed by atoms with Crippen LogP contribution in [0.3, 0.4) is 0 Å². The van der Waals surface area contributed by atoms with Gasteiger partial charge >= 0.3 is 6.36 Å². The minimum absolute atomic E-state index is 0.142. The Balaban J connectivity index is 2.17. The van der Waals surface area contributed by atoms with Crippen LogP contribution in [0.25, 0.3) is 0 Å². The van der Waals surface area contributed by atoms with Gasteiger partial charge in [0.1, 0.15) is 5.75 Å². The number of benzene rings is 1. The Morgan fingerprint density at radius 2 is 2.17 bits per heavy atom. The number of hydrogen-bond donors (Lipinski definition) is 0. The van der Waals surface area contributed by atoms with Crippen molar-refractivity contribution in [2.24, 2.45) is 0 Å². The van der Waals surface area contributed by atoms with Crippen molar-refractivity contribution in [3.8, 4) is 5.75 Å². The largest absolute Gasteiger partial charge is 0.573 e. The van der Waals surface area contributed by atoms with Crippen molar-refractivity contribution in [2.75, 3.05) is 25.0 Å². The van der Waals surface area contributed by atoms with Crippen molar-refractivity contribution >= 4 is 11.6 Å². The third kappa shape index (κ3) is 3.97. The van der Waals surface area contributed by atoms with E-state index in [-0.39, 0.29) is 17.2 Å². The van der Waals surface area contributed by atoms with Crippen LogP contribution in [0.15, 0.2) is 36.9 Å². The molecule has 0 radical (unpaired) electrons. The van der Waals surface area contributed by atoms with Crippen molar-refractivity contribution in [2.45, 2.75) is 25.2 Å². The molecule has 23 heavy (non-hydrogen) atoms. The molecule has 1 aliphatic rings. The van der Waals surface area contributed by atoms with Crippen molar-refractivity contribution in [1.29, 1.82) is 0 Å². The molecule has 1 atom stereocenters. The van der Waals surface area contributed by atoms with Crippen molar-refractivity contribution in [3.05, 3.63) is 36.9 Å². The Morgan fingerprint density at radius 3 is 2.78 bits per heavy atom. The third-order valence-electron chi connectivity index (χ3n) is 4.19. The molecule has 1 unspecified atom stereocenters. The summed E-state index contributed by atoms with van der Waals surface area (Å²) in [7, 11) is 1.80. The minimum Gasteiger partial charge on any atom is -0.406 e. The Labute approximate surface area is 133 Å². The lowest BCUT2D eigenvalue weighted by Gasteiger charge is -2.37. The van der Waals surface area contributed by atoms with Gasteiger partial charge in [-0.15, -0.1) is 13.2 Å². The van der Waals surface area contributed by atoms with Crippen molar-refractivity contribution in [1.82, 2.24) is 4.90 Å². The number of ether oxygens (including phenoxy) is 1. The molecule has 1 aliphatic heterocycles. The summed E-state index contributed by atoms with van der Waals surface area (Å²) in [6.07, 6.45) is -2.74. The molecule has 1 heterocycles. The van der Waals surface area contributed by atoms with Gasteiger partial charge in [-0.05, 0) is 31.6 Å². The molecule has 1 amide bonds. The number of amides is 1. The Bertz CT molecular complexity index is 603. The molecule has 0 bridgehead atoms. The van der Waals surface area contributed by atoms with Crippen LogP contribution in [-0.2, 0) is 4.79 Å². The van der Waals surface area contributed by atoms with Gasteiger partial charge in [0.2, 0.25) is 5.91 Å². The fourth-order valence-electron chi connectivity index (χ4n) is 2.74. The van der Waals surface area contributed by atoms with Crippen LogP contribution in [0.4, 0.5) is 18.9 Å². The van der Waals surface area contributed by atoms with Gasteiger partial charge in [0.05, 0.1) is 5.54 Å². The van der Waals surface area contributed by atoms with Gasteiger partial charge in [-0.3, -0.25) is 4.79 Å². The highest BCUT2D eigenvalue weighted by Gasteiger charge is 2.39. The predicted octanol–water partition coefficient (Wildman–Crippen LogP) is 3.20. The fourth-order valence-corrected chi connectivity index (χ4v) is 2.74. The number of carbonyl (C=O) groups is 1. The smallest absolute Gasteiger partial charge is 0.406 e. The lowest BCUT2D eigenvalue weighted by atomic mass is 9.98. The Morgan fingerprint density at radius 1 is 1.48 bits per heavy atom. The number of carbonyl (C=O) groups excluding carboxylic acids is 1. The van der Waals surface area contributed by atoms with Crippen molar-refractivity contribution in [3.63, 3.8) is 0 Å². The molecule has 1 saturated heterocycles. The van der Waals surface area contributed by atoms with Gasteiger partial charge < -0.3 is 14.5 Å². The Kier molecular flexibility index (Phi) is 4.58. The van der Waals surface area contributed by atoms with E-state index in [9.17, 15) is 18.0 Å². The molecule has 1 aromatic rings. The quantitative estimate of drug-likeness (QED) is 0.796. The second-order valence-electron chi connectivity index (χ2n) is 5.82. The molecule has 0 aliphatic carbocycles. The van der Waals surface area contributed by atoms with E-state index in [2.05, 4.69) is 11.3 Å². The molecule has 7 heteroatoms. The lowest BCUT2D eigenvalue weighted by Crippen LogP contribution is -2.46. The summed E-state index contributed by atoms with van der Waals surface area (Å²) in [4.78, 5) is 15.3. The second-order valence-corrected chi connectivity index (χ2v) is 5.82. The number of rotatable bonds is 4. The summed E-state index contributed by atoms with van der Waals surface area (Å²) < 4.78 is 41.0. The monoisotopic (exact) mass is 328 g/mol. The maximum atomic E-state index is 12.3. The van der Waals surface area contributed by atoms with E-state index >= 15 is 0 Å². The van der Waals surface area contributed by atoms with E-state index in [4.69, 9.17) is 0 Å². The standard InChI is InChI=1S/C16H19F3N2O2/c1-4-14(22)21-9-8-15(2,11-21)20(3)12-6-5-7-13(10-12)23-16(17,18)19/h4-7,10H,1,8-9,11H2,2-3H3. The molecule has 126 valence electrons. The maximum Gasteiger partial charge on any atom is 0.573 e. The van der Waals surface area contributed by atoms with Crippen LogP contribution >= 0.6 is 0 Å². The van der Waals surface area contributed by atoms with Crippen LogP contribution in [0.5, 0.6) is 5.75 Å². The first-order chi connectivity index (χ1) is 10.6. The van der Waals surface area contributed by atoms with E-state index in [0.29, 0.717) is 25.2 Å². The van der Waals surface area contributed by atoms with Crippen LogP contribution < -0.4 is 9.64 Å². The van der Waals surface area contributed by atoms with Crippen LogP contribution in [-0.4, -0.2) is 42.8 Å². The number of halogens is 3. The summed E-state index contributed by atoms with van der Waals surface area (Å²) in [6.45, 7) is 6.52. The minimum atomic E-state index is -4.72. The number of likely N-dealkylation sites (tertiary alicyclic amines) is 1. The van der Waals surface area contributed by atoms with E-state index in [1.54, 1.807) is 18.0 Å². The van der Waals surface area contributed by atoms with E-state index in [0.717, 1.165) is 0 Å². The molecule has 1 aromatic carbocycles. The van der Waals surface area contributed by atoms with E-state index in [1.165, 1.54) is 24.3 Å². The molecule has 0 saturated carbocycles. The van der Waals surface area contributed by atoms with Gasteiger partial charge in [-0.1, -0.05) is 12.6 Å². The molecule has 0 aromatic heterocycles. The SMILES string of the molecule is C=CC(=O)N1CCC(C)(N(C)c2cccc(OC(F)(F)F)c2)C1. The number of likely N-dealkylation sites (N-methyl/N-ethyl adjacent to an activating group) is 1. The lowest BCUT2D eigenvalue weighted by molar-refractivity contribution is -0.274. The molecule has 2 rings (SSSR count). The number of hydrogen-bond acceptors (Lipinski definition) is 3. The number of alkyl halides is 3. The fraction of sp³-hybridized carbons (Fsp3) is 0.438. The molecule has 0 N–H and O–H groups in total. The van der Waals surface area contributed by atoms with E-state index in [1.807, 2.05) is 11.8 Å². The highest BCUT2D eigenvalue weighted by Crippen LogP contribution is 2.33. The first-order valence-electron chi connectivity index (χ1n) is 7.16. The summed E-state index contributed by atoms with van der Waals surface area (Å²) >= 11 is 0. The summed E-state index contributed by atoms with van der Waals surface area (Å²) in [6, 6.07) is 5.83. The zero-order valence-electron chi connectivity index (χ0n) is 13.1. The highest BCUT2D eigenvalue weighted by molar-refractivity contribution is 5.87. The van der Waals surface area contributed by atoms with Gasteiger partial charge in [0.25, 0.3) is 0 Å². The van der Waals surface area contributed by atoms with Gasteiger partial charge in [-0.2, -0.15) is 0 Å². The highest BCUT2D eigenvalue weighted by atomic mass is 19.4. The van der Waals surface area contributed by atoms with Crippen LogP contribution in [0.1, 0.15) is 13.3 Å². The summed E-state index contributed by atoms with van der Waals surface area (Å²) in [5.74, 6) is -0.404. The molecule has 0 spiro atoms. The average molecular weight is 328 g/mol. The van der Waals surface area contributed by atoms with Crippen LogP contribution in [0, 0.1) is 0 Å². The summed E-state index contributed by atoms with van der Waals surface area (Å²) in [5.41, 5.74) is 0.234. The predicted molar refractivity (Wildman–Crippen MR) is 81.3 cm³/mol. The second kappa shape index (κ2) is 6.14. The molecule has 4 nitrogen and oxygen atoms in total. The Hall–Kier alpha value is -2.18. The van der Waals surface area contributed by atoms with Crippen molar-refractivity contribution < 1.29 is 22.7 Å². The zero-order chi connectivity index (χ0) is 17.3. The first kappa shape index (κ1) is 17.2. The number of nitrogens with zero attached hydrogens (tertiary/aromatic N) is 2. The third-order valence-corrected chi connectivity index (χ3v) is 4.19. The maximum absolute atomic E-state index is 12.3. The van der Waals surface area contributed by atoms with E-state index < -0.39 is 6.36 Å². The van der Waals surface area contributed by atoms with Gasteiger partial charge in [-0.25, -0.2) is 0 Å². The molecule has 1 fully saturated rings. The zero-order valence-corrected chi connectivity index (χ0v) is 13.1. The van der Waals surface area contributed by atoms with Gasteiger partial charge in [0.15, 0.2) is 0 Å². The van der Waals surface area contributed by atoms with Crippen LogP contribution in [0.2, 0.25) is 0 Å². The topological polar surface area (TPSA) is 32.8 Å². The number of anilines is 1. The average Bonchev–Trinajstić information content (AvgIpc) is 2.88. The molecular formula is C16H19F3N2O2. The molecular weight excluding hydrogens is 309 g/mol.